The van der Waals surface area contributed by atoms with Crippen molar-refractivity contribution in [2.45, 2.75) is 24.3 Å². The number of tetrazole rings is 1. The maximum absolute atomic E-state index is 12.8. The van der Waals surface area contributed by atoms with E-state index in [1.54, 1.807) is 18.2 Å². The smallest absolute Gasteiger partial charge is 0.244 e. The van der Waals surface area contributed by atoms with E-state index in [1.165, 1.54) is 23.1 Å². The maximum Gasteiger partial charge on any atom is 0.244 e. The van der Waals surface area contributed by atoms with Crippen LogP contribution in [0.4, 0.5) is 0 Å². The molecule has 1 unspecified atom stereocenters. The number of aromatic nitrogens is 7. The summed E-state index contributed by atoms with van der Waals surface area (Å²) in [5.41, 5.74) is 1.30. The Morgan fingerprint density at radius 1 is 1.07 bits per heavy atom. The minimum absolute atomic E-state index is 0.0983. The van der Waals surface area contributed by atoms with Gasteiger partial charge in [-0.15, -0.1) is 10.2 Å². The number of ether oxygens (including phenoxy) is 1. The summed E-state index contributed by atoms with van der Waals surface area (Å²) in [6.07, 6.45) is 1.95. The van der Waals surface area contributed by atoms with Gasteiger partial charge in [-0.1, -0.05) is 24.2 Å². The fourth-order valence-electron chi connectivity index (χ4n) is 2.77. The lowest BCUT2D eigenvalue weighted by molar-refractivity contribution is 0.266. The lowest BCUT2D eigenvalue weighted by Crippen LogP contribution is -2.38. The van der Waals surface area contributed by atoms with Crippen molar-refractivity contribution in [2.75, 3.05) is 6.61 Å². The zero-order chi connectivity index (χ0) is 21.0. The van der Waals surface area contributed by atoms with Gasteiger partial charge in [0.2, 0.25) is 15.9 Å². The Morgan fingerprint density at radius 3 is 2.60 bits per heavy atom. The molecular weight excluding hydrogens is 408 g/mol. The van der Waals surface area contributed by atoms with E-state index in [4.69, 9.17) is 4.74 Å². The monoisotopic (exact) mass is 426 g/mol. The number of fused-ring (bicyclic) bond motifs is 1. The van der Waals surface area contributed by atoms with Crippen molar-refractivity contribution in [2.24, 2.45) is 0 Å². The van der Waals surface area contributed by atoms with Gasteiger partial charge in [0.15, 0.2) is 0 Å². The standard InChI is InChI=1S/C18H18N8O3S/c1-2-13(11-29-18-16-5-3-4-6-17(16)20-24-21-18)22-30(27,28)15-9-7-14(8-10-15)26-12-19-23-25-26/h3-10,12-13,22H,2,11H2,1H3. The van der Waals surface area contributed by atoms with Gasteiger partial charge in [0.1, 0.15) is 18.5 Å². The van der Waals surface area contributed by atoms with Crippen LogP contribution in [0.25, 0.3) is 16.6 Å². The van der Waals surface area contributed by atoms with Gasteiger partial charge in [0, 0.05) is 0 Å². The highest BCUT2D eigenvalue weighted by molar-refractivity contribution is 7.89. The molecule has 0 fully saturated rings. The molecule has 0 bridgehead atoms. The van der Waals surface area contributed by atoms with Crippen molar-refractivity contribution in [3.05, 3.63) is 54.9 Å². The Morgan fingerprint density at radius 2 is 1.87 bits per heavy atom. The van der Waals surface area contributed by atoms with Gasteiger partial charge in [0.05, 0.1) is 22.0 Å². The summed E-state index contributed by atoms with van der Waals surface area (Å²) in [5, 5.41) is 23.2. The summed E-state index contributed by atoms with van der Waals surface area (Å²) >= 11 is 0. The lowest BCUT2D eigenvalue weighted by atomic mass is 10.2. The van der Waals surface area contributed by atoms with Gasteiger partial charge in [-0.3, -0.25) is 0 Å². The van der Waals surface area contributed by atoms with Crippen molar-refractivity contribution in [1.82, 2.24) is 40.3 Å². The summed E-state index contributed by atoms with van der Waals surface area (Å²) in [5.74, 6) is 0.309. The molecule has 0 amide bonds. The Balaban J connectivity index is 1.46. The third-order valence-corrected chi connectivity index (χ3v) is 5.96. The normalized spacial score (nSPS) is 12.7. The van der Waals surface area contributed by atoms with E-state index in [2.05, 4.69) is 35.7 Å². The number of rotatable bonds is 8. The summed E-state index contributed by atoms with van der Waals surface area (Å²) in [7, 11) is -3.74. The third-order valence-electron chi connectivity index (χ3n) is 4.42. The zero-order valence-corrected chi connectivity index (χ0v) is 16.8. The number of hydrogen-bond donors (Lipinski definition) is 1. The van der Waals surface area contributed by atoms with Crippen LogP contribution in [0.15, 0.2) is 59.8 Å². The van der Waals surface area contributed by atoms with E-state index < -0.39 is 16.1 Å². The first-order valence-corrected chi connectivity index (χ1v) is 10.6. The third kappa shape index (κ3) is 4.23. The number of benzene rings is 2. The second-order valence-electron chi connectivity index (χ2n) is 6.40. The number of sulfonamides is 1. The molecule has 4 aromatic rings. The van der Waals surface area contributed by atoms with E-state index in [9.17, 15) is 8.42 Å². The molecule has 2 heterocycles. The van der Waals surface area contributed by atoms with Crippen molar-refractivity contribution in [3.63, 3.8) is 0 Å². The van der Waals surface area contributed by atoms with Gasteiger partial charge in [-0.05, 0) is 58.5 Å². The average Bonchev–Trinajstić information content (AvgIpc) is 3.31. The van der Waals surface area contributed by atoms with Crippen LogP contribution in [0.2, 0.25) is 0 Å². The molecular formula is C18H18N8O3S. The topological polar surface area (TPSA) is 138 Å². The molecule has 0 saturated heterocycles. The Bertz CT molecular complexity index is 1220. The van der Waals surface area contributed by atoms with Crippen LogP contribution < -0.4 is 9.46 Å². The van der Waals surface area contributed by atoms with E-state index in [1.807, 2.05) is 25.1 Å². The van der Waals surface area contributed by atoms with Crippen LogP contribution in [0.5, 0.6) is 5.88 Å². The van der Waals surface area contributed by atoms with Crippen LogP contribution in [0.1, 0.15) is 13.3 Å². The van der Waals surface area contributed by atoms with Crippen LogP contribution in [0, 0.1) is 0 Å². The largest absolute Gasteiger partial charge is 0.474 e. The Kier molecular flexibility index (Phi) is 5.59. The highest BCUT2D eigenvalue weighted by Gasteiger charge is 2.20. The van der Waals surface area contributed by atoms with Gasteiger partial charge in [-0.25, -0.2) is 17.8 Å². The van der Waals surface area contributed by atoms with E-state index in [0.29, 0.717) is 28.9 Å². The Hall–Kier alpha value is -3.51. The number of nitrogens with zero attached hydrogens (tertiary/aromatic N) is 7. The van der Waals surface area contributed by atoms with Gasteiger partial charge in [0.25, 0.3) is 0 Å². The summed E-state index contributed by atoms with van der Waals surface area (Å²) in [6.45, 7) is 1.97. The molecule has 1 atom stereocenters. The molecule has 1 N–H and O–H groups in total. The van der Waals surface area contributed by atoms with Gasteiger partial charge in [-0.2, -0.15) is 0 Å². The molecule has 2 aromatic heterocycles. The van der Waals surface area contributed by atoms with Crippen LogP contribution in [0.3, 0.4) is 0 Å². The fraction of sp³-hybridized carbons (Fsp3) is 0.222. The van der Waals surface area contributed by atoms with Crippen molar-refractivity contribution in [3.8, 4) is 11.6 Å². The second kappa shape index (κ2) is 8.47. The SMILES string of the molecule is CCC(COc1nnnc2ccccc12)NS(=O)(=O)c1ccc(-n2cnnn2)cc1. The minimum atomic E-state index is -3.74. The molecule has 30 heavy (non-hydrogen) atoms. The van der Waals surface area contributed by atoms with Crippen molar-refractivity contribution < 1.29 is 13.2 Å². The summed E-state index contributed by atoms with van der Waals surface area (Å²) < 4.78 is 35.4. The zero-order valence-electron chi connectivity index (χ0n) is 16.0. The molecule has 11 nitrogen and oxygen atoms in total. The molecule has 0 saturated carbocycles. The van der Waals surface area contributed by atoms with Crippen LogP contribution >= 0.6 is 0 Å². The fourth-order valence-corrected chi connectivity index (χ4v) is 4.08. The van der Waals surface area contributed by atoms with Gasteiger partial charge < -0.3 is 4.74 Å². The predicted octanol–water partition coefficient (Wildman–Crippen LogP) is 1.14. The summed E-state index contributed by atoms with van der Waals surface area (Å²) in [4.78, 5) is 0.131. The molecule has 0 aliphatic carbocycles. The highest BCUT2D eigenvalue weighted by Crippen LogP contribution is 2.20. The molecule has 0 aliphatic rings. The maximum atomic E-state index is 12.8. The second-order valence-corrected chi connectivity index (χ2v) is 8.11. The van der Waals surface area contributed by atoms with Gasteiger partial charge >= 0.3 is 0 Å². The van der Waals surface area contributed by atoms with Crippen LogP contribution in [-0.2, 0) is 10.0 Å². The average molecular weight is 426 g/mol. The first kappa shape index (κ1) is 19.8. The van der Waals surface area contributed by atoms with E-state index in [-0.39, 0.29) is 11.5 Å². The van der Waals surface area contributed by atoms with Crippen molar-refractivity contribution >= 4 is 20.9 Å². The molecule has 12 heteroatoms. The molecule has 154 valence electrons. The van der Waals surface area contributed by atoms with Crippen molar-refractivity contribution in [1.29, 1.82) is 0 Å². The predicted molar refractivity (Wildman–Crippen MR) is 106 cm³/mol. The molecule has 0 spiro atoms. The number of hydrogen-bond acceptors (Lipinski definition) is 9. The first-order chi connectivity index (χ1) is 14.6. The highest BCUT2D eigenvalue weighted by atomic mass is 32.2. The summed E-state index contributed by atoms with van der Waals surface area (Å²) in [6, 6.07) is 13.1. The molecule has 0 radical (unpaired) electrons. The van der Waals surface area contributed by atoms with E-state index >= 15 is 0 Å². The Labute approximate surface area is 172 Å². The van der Waals surface area contributed by atoms with E-state index in [0.717, 1.165) is 0 Å². The molecule has 4 rings (SSSR count). The lowest BCUT2D eigenvalue weighted by Gasteiger charge is -2.18. The molecule has 0 aliphatic heterocycles. The van der Waals surface area contributed by atoms with Crippen LogP contribution in [-0.4, -0.2) is 56.7 Å². The first-order valence-electron chi connectivity index (χ1n) is 9.13. The minimum Gasteiger partial charge on any atom is -0.474 e. The molecule has 2 aromatic carbocycles. The number of nitrogens with one attached hydrogen (secondary N) is 1. The quantitative estimate of drug-likeness (QED) is 0.439.